The van der Waals surface area contributed by atoms with E-state index in [0.29, 0.717) is 0 Å². The van der Waals surface area contributed by atoms with Crippen molar-refractivity contribution in [3.05, 3.63) is 27.7 Å². The highest BCUT2D eigenvalue weighted by Crippen LogP contribution is 2.30. The predicted molar refractivity (Wildman–Crippen MR) is 79.5 cm³/mol. The molecule has 0 saturated heterocycles. The molecule has 0 spiro atoms. The number of sulfone groups is 1. The Kier molecular flexibility index (Phi) is 5.86. The highest BCUT2D eigenvalue weighted by Gasteiger charge is 2.24. The Balaban J connectivity index is 3.31. The third-order valence-corrected chi connectivity index (χ3v) is 5.85. The molecule has 0 aliphatic heterocycles. The first-order chi connectivity index (χ1) is 9.22. The van der Waals surface area contributed by atoms with Crippen LogP contribution < -0.4 is 0 Å². The van der Waals surface area contributed by atoms with Gasteiger partial charge in [0, 0.05) is 0 Å². The van der Waals surface area contributed by atoms with E-state index in [9.17, 15) is 13.2 Å². The van der Waals surface area contributed by atoms with Crippen LogP contribution >= 0.6 is 23.2 Å². The molecule has 20 heavy (non-hydrogen) atoms. The standard InChI is InChI=1S/C13H16Cl2O4S/c1-3-8(4-2)7-20(18,19)12-5-9(13(16)17)10(14)6-11(12)15/h5-6,8H,3-4,7H2,1-2H3,(H,16,17). The zero-order valence-corrected chi connectivity index (χ0v) is 13.5. The number of hydrogen-bond acceptors (Lipinski definition) is 3. The van der Waals surface area contributed by atoms with Crippen LogP contribution in [0, 0.1) is 5.92 Å². The molecule has 0 radical (unpaired) electrons. The van der Waals surface area contributed by atoms with E-state index in [0.717, 1.165) is 25.0 Å². The largest absolute Gasteiger partial charge is 0.478 e. The summed E-state index contributed by atoms with van der Waals surface area (Å²) in [6, 6.07) is 2.19. The Labute approximate surface area is 128 Å². The van der Waals surface area contributed by atoms with Gasteiger partial charge in [-0.1, -0.05) is 49.9 Å². The van der Waals surface area contributed by atoms with Crippen LogP contribution in [0.4, 0.5) is 0 Å². The van der Waals surface area contributed by atoms with Crippen molar-refractivity contribution in [3.8, 4) is 0 Å². The molecule has 0 amide bonds. The van der Waals surface area contributed by atoms with Crippen LogP contribution in [0.15, 0.2) is 17.0 Å². The first-order valence-electron chi connectivity index (χ1n) is 6.18. The lowest BCUT2D eigenvalue weighted by Crippen LogP contribution is -2.16. The molecule has 0 heterocycles. The maximum atomic E-state index is 12.3. The van der Waals surface area contributed by atoms with Gasteiger partial charge in [0.25, 0.3) is 0 Å². The summed E-state index contributed by atoms with van der Waals surface area (Å²) < 4.78 is 24.7. The Hall–Kier alpha value is -0.780. The van der Waals surface area contributed by atoms with E-state index < -0.39 is 15.8 Å². The second-order valence-corrected chi connectivity index (χ2v) is 7.35. The summed E-state index contributed by atoms with van der Waals surface area (Å²) in [5.74, 6) is -1.33. The van der Waals surface area contributed by atoms with Gasteiger partial charge in [0.2, 0.25) is 0 Å². The minimum absolute atomic E-state index is 0.0139. The van der Waals surface area contributed by atoms with Crippen molar-refractivity contribution < 1.29 is 18.3 Å². The number of aromatic carboxylic acids is 1. The molecule has 1 rings (SSSR count). The molecule has 0 saturated carbocycles. The fraction of sp³-hybridized carbons (Fsp3) is 0.462. The van der Waals surface area contributed by atoms with E-state index in [1.54, 1.807) is 0 Å². The first-order valence-corrected chi connectivity index (χ1v) is 8.58. The van der Waals surface area contributed by atoms with Crippen LogP contribution in [0.5, 0.6) is 0 Å². The highest BCUT2D eigenvalue weighted by molar-refractivity contribution is 7.91. The van der Waals surface area contributed by atoms with Gasteiger partial charge in [0.15, 0.2) is 9.84 Å². The summed E-state index contributed by atoms with van der Waals surface area (Å²) in [7, 11) is -3.64. The van der Waals surface area contributed by atoms with Crippen LogP contribution in [0.1, 0.15) is 37.0 Å². The van der Waals surface area contributed by atoms with Crippen molar-refractivity contribution >= 4 is 39.0 Å². The molecule has 7 heteroatoms. The van der Waals surface area contributed by atoms with Crippen molar-refractivity contribution in [1.29, 1.82) is 0 Å². The quantitative estimate of drug-likeness (QED) is 0.853. The summed E-state index contributed by atoms with van der Waals surface area (Å²) in [6.45, 7) is 3.83. The van der Waals surface area contributed by atoms with Crippen LogP contribution in [-0.2, 0) is 9.84 Å². The summed E-state index contributed by atoms with van der Waals surface area (Å²) in [4.78, 5) is 10.9. The van der Waals surface area contributed by atoms with Crippen molar-refractivity contribution in [1.82, 2.24) is 0 Å². The smallest absolute Gasteiger partial charge is 0.337 e. The van der Waals surface area contributed by atoms with Gasteiger partial charge in [-0.3, -0.25) is 0 Å². The van der Waals surface area contributed by atoms with Gasteiger partial charge in [-0.15, -0.1) is 0 Å². The molecule has 1 aromatic carbocycles. The maximum Gasteiger partial charge on any atom is 0.337 e. The zero-order chi connectivity index (χ0) is 15.5. The molecule has 1 N–H and O–H groups in total. The summed E-state index contributed by atoms with van der Waals surface area (Å²) in [6.07, 6.45) is 1.46. The summed E-state index contributed by atoms with van der Waals surface area (Å²) in [5.41, 5.74) is -0.265. The number of benzene rings is 1. The Morgan fingerprint density at radius 3 is 2.20 bits per heavy atom. The Bertz CT molecular complexity index is 607. The van der Waals surface area contributed by atoms with Crippen LogP contribution in [0.3, 0.4) is 0 Å². The molecular weight excluding hydrogens is 323 g/mol. The minimum Gasteiger partial charge on any atom is -0.478 e. The molecule has 4 nitrogen and oxygen atoms in total. The van der Waals surface area contributed by atoms with Gasteiger partial charge < -0.3 is 5.11 Å². The average Bonchev–Trinajstić information content (AvgIpc) is 2.35. The monoisotopic (exact) mass is 338 g/mol. The van der Waals surface area contributed by atoms with Gasteiger partial charge >= 0.3 is 5.97 Å². The molecule has 0 atom stereocenters. The van der Waals surface area contributed by atoms with E-state index in [1.807, 2.05) is 13.8 Å². The molecule has 0 aliphatic carbocycles. The molecule has 0 aromatic heterocycles. The Morgan fingerprint density at radius 1 is 1.20 bits per heavy atom. The fourth-order valence-electron chi connectivity index (χ4n) is 1.86. The number of rotatable bonds is 6. The molecule has 1 aromatic rings. The van der Waals surface area contributed by atoms with E-state index in [2.05, 4.69) is 0 Å². The van der Waals surface area contributed by atoms with Crippen molar-refractivity contribution in [3.63, 3.8) is 0 Å². The molecule has 0 fully saturated rings. The molecule has 0 unspecified atom stereocenters. The second kappa shape index (κ2) is 6.78. The van der Waals surface area contributed by atoms with E-state index in [4.69, 9.17) is 28.3 Å². The molecular formula is C13H16Cl2O4S. The lowest BCUT2D eigenvalue weighted by Gasteiger charge is -2.14. The van der Waals surface area contributed by atoms with Crippen molar-refractivity contribution in [2.24, 2.45) is 5.92 Å². The van der Waals surface area contributed by atoms with Crippen molar-refractivity contribution in [2.45, 2.75) is 31.6 Å². The fourth-order valence-corrected chi connectivity index (χ4v) is 4.60. The van der Waals surface area contributed by atoms with Gasteiger partial charge in [0.1, 0.15) is 0 Å². The number of carboxylic acids is 1. The molecule has 0 aliphatic rings. The highest BCUT2D eigenvalue weighted by atomic mass is 35.5. The maximum absolute atomic E-state index is 12.3. The van der Waals surface area contributed by atoms with E-state index in [1.165, 1.54) is 0 Å². The van der Waals surface area contributed by atoms with Gasteiger partial charge in [0.05, 0.1) is 26.3 Å². The van der Waals surface area contributed by atoms with Crippen molar-refractivity contribution in [2.75, 3.05) is 5.75 Å². The number of carboxylic acid groups (broad SMARTS) is 1. The summed E-state index contributed by atoms with van der Waals surface area (Å²) >= 11 is 11.7. The van der Waals surface area contributed by atoms with Gasteiger partial charge in [-0.25, -0.2) is 13.2 Å². The predicted octanol–water partition coefficient (Wildman–Crippen LogP) is 3.90. The van der Waals surface area contributed by atoms with Gasteiger partial charge in [-0.2, -0.15) is 0 Å². The zero-order valence-electron chi connectivity index (χ0n) is 11.2. The lowest BCUT2D eigenvalue weighted by atomic mass is 10.1. The lowest BCUT2D eigenvalue weighted by molar-refractivity contribution is 0.0697. The number of halogens is 2. The third-order valence-electron chi connectivity index (χ3n) is 3.20. The number of hydrogen-bond donors (Lipinski definition) is 1. The molecule has 112 valence electrons. The SMILES string of the molecule is CCC(CC)CS(=O)(=O)c1cc(C(=O)O)c(Cl)cc1Cl. The van der Waals surface area contributed by atoms with Crippen LogP contribution in [0.25, 0.3) is 0 Å². The minimum atomic E-state index is -3.64. The van der Waals surface area contributed by atoms with E-state index in [-0.39, 0.29) is 32.2 Å². The van der Waals surface area contributed by atoms with Crippen LogP contribution in [0.2, 0.25) is 10.0 Å². The van der Waals surface area contributed by atoms with Crippen LogP contribution in [-0.4, -0.2) is 25.2 Å². The first kappa shape index (κ1) is 17.3. The summed E-state index contributed by atoms with van der Waals surface area (Å²) in [5, 5.41) is 8.87. The topological polar surface area (TPSA) is 71.4 Å². The average molecular weight is 339 g/mol. The molecule has 0 bridgehead atoms. The Morgan fingerprint density at radius 2 is 1.75 bits per heavy atom. The third kappa shape index (κ3) is 3.87. The van der Waals surface area contributed by atoms with E-state index >= 15 is 0 Å². The second-order valence-electron chi connectivity index (χ2n) is 4.53. The normalized spacial score (nSPS) is 11.8. The number of carbonyl (C=O) groups is 1. The van der Waals surface area contributed by atoms with Gasteiger partial charge in [-0.05, 0) is 18.1 Å².